The summed E-state index contributed by atoms with van der Waals surface area (Å²) in [6.45, 7) is 3.99. The second-order valence-electron chi connectivity index (χ2n) is 6.15. The van der Waals surface area contributed by atoms with Gasteiger partial charge in [-0.25, -0.2) is 0 Å². The lowest BCUT2D eigenvalue weighted by molar-refractivity contribution is -0.148. The third kappa shape index (κ3) is 3.48. The summed E-state index contributed by atoms with van der Waals surface area (Å²) < 4.78 is 10.8. The molecular formula is C20H20O4. The van der Waals surface area contributed by atoms with Gasteiger partial charge < -0.3 is 9.47 Å². The zero-order valence-corrected chi connectivity index (χ0v) is 13.9. The molecule has 1 aliphatic rings. The fourth-order valence-corrected chi connectivity index (χ4v) is 2.73. The van der Waals surface area contributed by atoms with E-state index in [0.717, 1.165) is 22.4 Å². The molecule has 2 aromatic rings. The van der Waals surface area contributed by atoms with Gasteiger partial charge in [-0.15, -0.1) is 0 Å². The van der Waals surface area contributed by atoms with E-state index in [0.29, 0.717) is 12.0 Å². The Kier molecular flexibility index (Phi) is 4.65. The molecule has 0 amide bonds. The fourth-order valence-electron chi connectivity index (χ4n) is 2.73. The van der Waals surface area contributed by atoms with Crippen LogP contribution in [0.25, 0.3) is 0 Å². The molecule has 0 bridgehead atoms. The van der Waals surface area contributed by atoms with E-state index in [2.05, 4.69) is 0 Å². The SMILES string of the molecule is Cc1ccc(C(=O)COC(=O)[C@H]2COc3ccccc3C2)cc1C. The predicted octanol–water partition coefficient (Wildman–Crippen LogP) is 3.28. The number of ketones is 1. The molecule has 0 spiro atoms. The highest BCUT2D eigenvalue weighted by Gasteiger charge is 2.27. The van der Waals surface area contributed by atoms with Crippen molar-refractivity contribution in [2.24, 2.45) is 5.92 Å². The number of esters is 1. The number of Topliss-reactive ketones (excluding diaryl/α,β-unsaturated/α-hetero) is 1. The highest BCUT2D eigenvalue weighted by molar-refractivity contribution is 5.98. The van der Waals surface area contributed by atoms with Crippen LogP contribution < -0.4 is 4.74 Å². The number of ether oxygens (including phenoxy) is 2. The van der Waals surface area contributed by atoms with Gasteiger partial charge in [0.05, 0.1) is 5.92 Å². The van der Waals surface area contributed by atoms with Gasteiger partial charge in [0.25, 0.3) is 0 Å². The minimum Gasteiger partial charge on any atom is -0.492 e. The second-order valence-corrected chi connectivity index (χ2v) is 6.15. The number of aryl methyl sites for hydroxylation is 2. The number of carbonyl (C=O) groups excluding carboxylic acids is 2. The van der Waals surface area contributed by atoms with E-state index >= 15 is 0 Å². The number of para-hydroxylation sites is 1. The lowest BCUT2D eigenvalue weighted by Crippen LogP contribution is -2.31. The van der Waals surface area contributed by atoms with E-state index in [4.69, 9.17) is 9.47 Å². The number of fused-ring (bicyclic) bond motifs is 1. The van der Waals surface area contributed by atoms with Crippen molar-refractivity contribution < 1.29 is 19.1 Å². The average Bonchev–Trinajstić information content (AvgIpc) is 2.61. The van der Waals surface area contributed by atoms with Crippen LogP contribution in [0.2, 0.25) is 0 Å². The maximum atomic E-state index is 12.2. The first-order valence-corrected chi connectivity index (χ1v) is 8.02. The molecule has 1 aliphatic heterocycles. The van der Waals surface area contributed by atoms with Crippen LogP contribution in [0.3, 0.4) is 0 Å². The van der Waals surface area contributed by atoms with E-state index in [1.54, 1.807) is 6.07 Å². The number of carbonyl (C=O) groups is 2. The summed E-state index contributed by atoms with van der Waals surface area (Å²) in [6.07, 6.45) is 0.576. The molecule has 4 heteroatoms. The molecule has 0 saturated carbocycles. The predicted molar refractivity (Wildman–Crippen MR) is 90.3 cm³/mol. The Hall–Kier alpha value is -2.62. The number of rotatable bonds is 4. The quantitative estimate of drug-likeness (QED) is 0.640. The Balaban J connectivity index is 1.58. The monoisotopic (exact) mass is 324 g/mol. The molecule has 0 radical (unpaired) electrons. The summed E-state index contributed by atoms with van der Waals surface area (Å²) in [7, 11) is 0. The molecule has 24 heavy (non-hydrogen) atoms. The van der Waals surface area contributed by atoms with Crippen molar-refractivity contribution >= 4 is 11.8 Å². The van der Waals surface area contributed by atoms with Crippen molar-refractivity contribution in [1.29, 1.82) is 0 Å². The number of hydrogen-bond acceptors (Lipinski definition) is 4. The van der Waals surface area contributed by atoms with Crippen molar-refractivity contribution in [2.75, 3.05) is 13.2 Å². The maximum absolute atomic E-state index is 12.2. The first-order chi connectivity index (χ1) is 11.5. The maximum Gasteiger partial charge on any atom is 0.313 e. The largest absolute Gasteiger partial charge is 0.492 e. The Morgan fingerprint density at radius 1 is 1.12 bits per heavy atom. The molecule has 0 N–H and O–H groups in total. The van der Waals surface area contributed by atoms with Crippen LogP contribution in [-0.2, 0) is 16.0 Å². The standard InChI is InChI=1S/C20H20O4/c1-13-7-8-15(9-14(13)2)18(21)12-24-20(22)17-10-16-5-3-4-6-19(16)23-11-17/h3-9,17H,10-12H2,1-2H3/t17-/m1/s1. The molecule has 4 nitrogen and oxygen atoms in total. The van der Waals surface area contributed by atoms with Crippen molar-refractivity contribution in [1.82, 2.24) is 0 Å². The van der Waals surface area contributed by atoms with Gasteiger partial charge in [-0.1, -0.05) is 30.3 Å². The van der Waals surface area contributed by atoms with Crippen LogP contribution in [0.1, 0.15) is 27.0 Å². The normalized spacial score (nSPS) is 16.0. The summed E-state index contributed by atoms with van der Waals surface area (Å²) in [5.41, 5.74) is 3.73. The average molecular weight is 324 g/mol. The molecule has 2 aromatic carbocycles. The van der Waals surface area contributed by atoms with Crippen molar-refractivity contribution in [3.05, 3.63) is 64.7 Å². The summed E-state index contributed by atoms with van der Waals surface area (Å²) >= 11 is 0. The number of benzene rings is 2. The van der Waals surface area contributed by atoms with Crippen LogP contribution >= 0.6 is 0 Å². The fraction of sp³-hybridized carbons (Fsp3) is 0.300. The summed E-state index contributed by atoms with van der Waals surface area (Å²) in [6, 6.07) is 13.1. The van der Waals surface area contributed by atoms with Crippen LogP contribution in [0.5, 0.6) is 5.75 Å². The molecule has 0 saturated heterocycles. The zero-order chi connectivity index (χ0) is 17.1. The first kappa shape index (κ1) is 16.2. The van der Waals surface area contributed by atoms with Crippen molar-refractivity contribution in [3.63, 3.8) is 0 Å². The highest BCUT2D eigenvalue weighted by Crippen LogP contribution is 2.27. The summed E-state index contributed by atoms with van der Waals surface area (Å²) in [5.74, 6) is -0.134. The minimum atomic E-state index is -0.387. The van der Waals surface area contributed by atoms with Gasteiger partial charge in [0.15, 0.2) is 12.4 Å². The van der Waals surface area contributed by atoms with Gasteiger partial charge in [0, 0.05) is 5.56 Å². The topological polar surface area (TPSA) is 52.6 Å². The van der Waals surface area contributed by atoms with Gasteiger partial charge >= 0.3 is 5.97 Å². The minimum absolute atomic E-state index is 0.191. The van der Waals surface area contributed by atoms with Gasteiger partial charge in [-0.3, -0.25) is 9.59 Å². The summed E-state index contributed by atoms with van der Waals surface area (Å²) in [5, 5.41) is 0. The molecular weight excluding hydrogens is 304 g/mol. The lowest BCUT2D eigenvalue weighted by atomic mass is 9.97. The van der Waals surface area contributed by atoms with E-state index in [-0.39, 0.29) is 30.9 Å². The Labute approximate surface area is 141 Å². The molecule has 0 fully saturated rings. The zero-order valence-electron chi connectivity index (χ0n) is 13.9. The third-order valence-electron chi connectivity index (χ3n) is 4.39. The Morgan fingerprint density at radius 2 is 1.92 bits per heavy atom. The molecule has 1 atom stereocenters. The molecule has 0 unspecified atom stereocenters. The number of hydrogen-bond donors (Lipinski definition) is 0. The van der Waals surface area contributed by atoms with Gasteiger partial charge in [-0.2, -0.15) is 0 Å². The van der Waals surface area contributed by atoms with Crippen LogP contribution in [-0.4, -0.2) is 25.0 Å². The third-order valence-corrected chi connectivity index (χ3v) is 4.39. The van der Waals surface area contributed by atoms with E-state index < -0.39 is 0 Å². The van der Waals surface area contributed by atoms with E-state index in [1.807, 2.05) is 50.2 Å². The second kappa shape index (κ2) is 6.87. The molecule has 0 aromatic heterocycles. The summed E-state index contributed by atoms with van der Waals surface area (Å²) in [4.78, 5) is 24.4. The Bertz CT molecular complexity index is 779. The van der Waals surface area contributed by atoms with Crippen LogP contribution in [0, 0.1) is 19.8 Å². The first-order valence-electron chi connectivity index (χ1n) is 8.02. The van der Waals surface area contributed by atoms with Crippen molar-refractivity contribution in [3.8, 4) is 5.75 Å². The van der Waals surface area contributed by atoms with Crippen LogP contribution in [0.15, 0.2) is 42.5 Å². The molecule has 0 aliphatic carbocycles. The Morgan fingerprint density at radius 3 is 2.71 bits per heavy atom. The van der Waals surface area contributed by atoms with E-state index in [9.17, 15) is 9.59 Å². The molecule has 124 valence electrons. The highest BCUT2D eigenvalue weighted by atomic mass is 16.5. The van der Waals surface area contributed by atoms with Crippen molar-refractivity contribution in [2.45, 2.75) is 20.3 Å². The van der Waals surface area contributed by atoms with E-state index in [1.165, 1.54) is 0 Å². The molecule has 3 rings (SSSR count). The van der Waals surface area contributed by atoms with Gasteiger partial charge in [0.1, 0.15) is 12.4 Å². The lowest BCUT2D eigenvalue weighted by Gasteiger charge is -2.23. The van der Waals surface area contributed by atoms with Gasteiger partial charge in [-0.05, 0) is 49.1 Å². The van der Waals surface area contributed by atoms with Crippen LogP contribution in [0.4, 0.5) is 0 Å². The molecule has 1 heterocycles. The smallest absolute Gasteiger partial charge is 0.313 e. The van der Waals surface area contributed by atoms with Gasteiger partial charge in [0.2, 0.25) is 0 Å².